The molecular weight excluding hydrogens is 264 g/mol. The van der Waals surface area contributed by atoms with E-state index in [2.05, 4.69) is 27.0 Å². The quantitative estimate of drug-likeness (QED) is 0.458. The van der Waals surface area contributed by atoms with Crippen LogP contribution < -0.4 is 0 Å². The third kappa shape index (κ3) is 3.36. The van der Waals surface area contributed by atoms with Crippen molar-refractivity contribution in [2.75, 3.05) is 13.1 Å². The van der Waals surface area contributed by atoms with Crippen LogP contribution in [-0.4, -0.2) is 34.9 Å². The van der Waals surface area contributed by atoms with Gasteiger partial charge in [0.05, 0.1) is 0 Å². The monoisotopic (exact) mass is 292 g/mol. The van der Waals surface area contributed by atoms with Gasteiger partial charge in [-0.2, -0.15) is 0 Å². The summed E-state index contributed by atoms with van der Waals surface area (Å²) >= 11 is 0. The maximum Gasteiger partial charge on any atom is 0.257 e. The van der Waals surface area contributed by atoms with Gasteiger partial charge in [0.15, 0.2) is 0 Å². The Morgan fingerprint density at radius 3 is 1.57 bits per heavy atom. The smallest absolute Gasteiger partial charge is 0.257 e. The van der Waals surface area contributed by atoms with E-state index < -0.39 is 5.41 Å². The average molecular weight is 292 g/mol. The van der Waals surface area contributed by atoms with Gasteiger partial charge >= 0.3 is 0 Å². The molecule has 0 atom stereocenters. The molecule has 2 amide bonds. The minimum atomic E-state index is -1.01. The van der Waals surface area contributed by atoms with Crippen LogP contribution in [0.25, 0.3) is 0 Å². The molecule has 1 heterocycles. The lowest BCUT2D eigenvalue weighted by Crippen LogP contribution is -2.42. The van der Waals surface area contributed by atoms with E-state index in [1.807, 2.05) is 0 Å². The Labute approximate surface area is 128 Å². The lowest BCUT2D eigenvalue weighted by atomic mass is 9.80. The van der Waals surface area contributed by atoms with Crippen LogP contribution in [0.5, 0.6) is 0 Å². The molecule has 1 fully saturated rings. The van der Waals surface area contributed by atoms with E-state index in [1.165, 1.54) is 0 Å². The van der Waals surface area contributed by atoms with E-state index in [1.54, 1.807) is 22.2 Å². The molecule has 0 radical (unpaired) electrons. The van der Waals surface area contributed by atoms with Crippen LogP contribution >= 0.6 is 0 Å². The highest BCUT2D eigenvalue weighted by Gasteiger charge is 2.56. The molecule has 1 aliphatic rings. The summed E-state index contributed by atoms with van der Waals surface area (Å²) in [6.45, 7) is 12.8. The van der Waals surface area contributed by atoms with Crippen molar-refractivity contribution < 1.29 is 9.59 Å². The van der Waals surface area contributed by atoms with Crippen LogP contribution in [0.2, 0.25) is 0 Å². The summed E-state index contributed by atoms with van der Waals surface area (Å²) in [6, 6.07) is 0. The molecule has 118 valence electrons. The maximum absolute atomic E-state index is 12.9. The standard InChI is InChI=1S/C17H28N2O2/c1-5-9-13-18-15(20)17(11-7-3,12-8-4)16(21)19(18)14-10-6-2/h7-8H,3-6,9-14H2,1-2H3. The van der Waals surface area contributed by atoms with Crippen LogP contribution in [0.3, 0.4) is 0 Å². The second-order valence-electron chi connectivity index (χ2n) is 5.63. The molecule has 0 bridgehead atoms. The molecule has 0 aromatic carbocycles. The fourth-order valence-electron chi connectivity index (χ4n) is 2.79. The van der Waals surface area contributed by atoms with Gasteiger partial charge in [0.2, 0.25) is 0 Å². The fourth-order valence-corrected chi connectivity index (χ4v) is 2.79. The first kappa shape index (κ1) is 17.5. The molecule has 1 rings (SSSR count). The summed E-state index contributed by atoms with van der Waals surface area (Å²) < 4.78 is 0. The highest BCUT2D eigenvalue weighted by molar-refractivity contribution is 6.10. The van der Waals surface area contributed by atoms with Crippen LogP contribution in [-0.2, 0) is 9.59 Å². The Balaban J connectivity index is 3.10. The number of unbranched alkanes of at least 4 members (excludes halogenated alkanes) is 2. The molecule has 0 saturated carbocycles. The number of hydrogen-bond donors (Lipinski definition) is 0. The second kappa shape index (κ2) is 8.01. The van der Waals surface area contributed by atoms with Crippen LogP contribution in [0, 0.1) is 5.41 Å². The highest BCUT2D eigenvalue weighted by atomic mass is 16.2. The number of rotatable bonds is 10. The van der Waals surface area contributed by atoms with Crippen molar-refractivity contribution >= 4 is 11.8 Å². The largest absolute Gasteiger partial charge is 0.272 e. The first-order chi connectivity index (χ1) is 10.1. The minimum Gasteiger partial charge on any atom is -0.272 e. The van der Waals surface area contributed by atoms with Crippen molar-refractivity contribution in [1.82, 2.24) is 10.0 Å². The summed E-state index contributed by atoms with van der Waals surface area (Å²) in [6.07, 6.45) is 7.88. The van der Waals surface area contributed by atoms with Crippen LogP contribution in [0.4, 0.5) is 0 Å². The van der Waals surface area contributed by atoms with Gasteiger partial charge in [-0.1, -0.05) is 38.8 Å². The SMILES string of the molecule is C=CCC1(CC=C)C(=O)N(CCCC)N(CCCC)C1=O. The topological polar surface area (TPSA) is 40.6 Å². The van der Waals surface area contributed by atoms with Gasteiger partial charge in [0.25, 0.3) is 11.8 Å². The lowest BCUT2D eigenvalue weighted by molar-refractivity contribution is -0.147. The Hall–Kier alpha value is -1.58. The van der Waals surface area contributed by atoms with Crippen LogP contribution in [0.15, 0.2) is 25.3 Å². The molecular formula is C17H28N2O2. The number of carbonyl (C=O) groups is 2. The molecule has 4 nitrogen and oxygen atoms in total. The van der Waals surface area contributed by atoms with Crippen molar-refractivity contribution in [2.24, 2.45) is 5.41 Å². The fraction of sp³-hybridized carbons (Fsp3) is 0.647. The van der Waals surface area contributed by atoms with Gasteiger partial charge in [-0.15, -0.1) is 13.2 Å². The summed E-state index contributed by atoms with van der Waals surface area (Å²) in [5.74, 6) is -0.172. The van der Waals surface area contributed by atoms with E-state index in [9.17, 15) is 9.59 Å². The molecule has 0 aliphatic carbocycles. The number of carbonyl (C=O) groups excluding carboxylic acids is 2. The Morgan fingerprint density at radius 1 is 0.905 bits per heavy atom. The van der Waals surface area contributed by atoms with Crippen LogP contribution in [0.1, 0.15) is 52.4 Å². The number of nitrogens with zero attached hydrogens (tertiary/aromatic N) is 2. The number of amides is 2. The summed E-state index contributed by atoms with van der Waals surface area (Å²) in [4.78, 5) is 25.7. The minimum absolute atomic E-state index is 0.0862. The Morgan fingerprint density at radius 2 is 1.29 bits per heavy atom. The third-order valence-electron chi connectivity index (χ3n) is 4.01. The zero-order valence-corrected chi connectivity index (χ0v) is 13.4. The maximum atomic E-state index is 12.9. The lowest BCUT2D eigenvalue weighted by Gasteiger charge is -2.27. The predicted octanol–water partition coefficient (Wildman–Crippen LogP) is 3.31. The summed E-state index contributed by atoms with van der Waals surface area (Å²) in [5.41, 5.74) is -1.01. The van der Waals surface area contributed by atoms with Crippen molar-refractivity contribution in [2.45, 2.75) is 52.4 Å². The first-order valence-corrected chi connectivity index (χ1v) is 7.94. The number of hydrogen-bond acceptors (Lipinski definition) is 2. The highest BCUT2D eigenvalue weighted by Crippen LogP contribution is 2.39. The second-order valence-corrected chi connectivity index (χ2v) is 5.63. The van der Waals surface area contributed by atoms with Gasteiger partial charge in [0, 0.05) is 13.1 Å². The molecule has 0 spiro atoms. The van der Waals surface area contributed by atoms with E-state index in [4.69, 9.17) is 0 Å². The molecule has 1 saturated heterocycles. The normalized spacial score (nSPS) is 17.4. The molecule has 4 heteroatoms. The zero-order valence-electron chi connectivity index (χ0n) is 13.4. The Kier molecular flexibility index (Phi) is 6.66. The van der Waals surface area contributed by atoms with Crippen molar-refractivity contribution in [1.29, 1.82) is 0 Å². The van der Waals surface area contributed by atoms with E-state index in [0.717, 1.165) is 25.7 Å². The summed E-state index contributed by atoms with van der Waals surface area (Å²) in [7, 11) is 0. The van der Waals surface area contributed by atoms with Crippen molar-refractivity contribution in [3.63, 3.8) is 0 Å². The summed E-state index contributed by atoms with van der Waals surface area (Å²) in [5, 5.41) is 3.32. The van der Waals surface area contributed by atoms with Gasteiger partial charge in [0.1, 0.15) is 5.41 Å². The molecule has 0 aromatic heterocycles. The average Bonchev–Trinajstić information content (AvgIpc) is 2.66. The first-order valence-electron chi connectivity index (χ1n) is 7.94. The molecule has 0 N–H and O–H groups in total. The molecule has 1 aliphatic heterocycles. The van der Waals surface area contributed by atoms with Crippen molar-refractivity contribution in [3.05, 3.63) is 25.3 Å². The van der Waals surface area contributed by atoms with E-state index in [0.29, 0.717) is 25.9 Å². The van der Waals surface area contributed by atoms with Gasteiger partial charge in [-0.05, 0) is 25.7 Å². The number of allylic oxidation sites excluding steroid dienone is 2. The van der Waals surface area contributed by atoms with Gasteiger partial charge in [-0.25, -0.2) is 0 Å². The molecule has 0 aromatic rings. The molecule has 21 heavy (non-hydrogen) atoms. The van der Waals surface area contributed by atoms with Gasteiger partial charge < -0.3 is 0 Å². The molecule has 0 unspecified atom stereocenters. The van der Waals surface area contributed by atoms with E-state index >= 15 is 0 Å². The zero-order chi connectivity index (χ0) is 15.9. The third-order valence-corrected chi connectivity index (χ3v) is 4.01. The Bertz CT molecular complexity index is 366. The van der Waals surface area contributed by atoms with E-state index in [-0.39, 0.29) is 11.8 Å². The number of hydrazine groups is 1. The predicted molar refractivity (Wildman–Crippen MR) is 85.3 cm³/mol. The van der Waals surface area contributed by atoms with Gasteiger partial charge in [-0.3, -0.25) is 19.6 Å². The van der Waals surface area contributed by atoms with Crippen molar-refractivity contribution in [3.8, 4) is 0 Å².